The lowest BCUT2D eigenvalue weighted by atomic mass is 10.1. The number of rotatable bonds is 6. The third-order valence-electron chi connectivity index (χ3n) is 5.39. The number of nitrogens with one attached hydrogen (secondary N) is 2. The average Bonchev–Trinajstić information content (AvgIpc) is 3.10. The number of benzene rings is 2. The van der Waals surface area contributed by atoms with Crippen LogP contribution in [0.25, 0.3) is 10.9 Å². The van der Waals surface area contributed by atoms with E-state index in [1.54, 1.807) is 0 Å². The average molecular weight is 405 g/mol. The number of piperazine rings is 1. The third-order valence-corrected chi connectivity index (χ3v) is 5.39. The quantitative estimate of drug-likeness (QED) is 0.663. The fourth-order valence-electron chi connectivity index (χ4n) is 3.93. The molecule has 156 valence electrons. The predicted molar refractivity (Wildman–Crippen MR) is 120 cm³/mol. The fraction of sp³-hybridized carbons (Fsp3) is 0.333. The number of hydrogen-bond donors (Lipinski definition) is 2. The van der Waals surface area contributed by atoms with E-state index < -0.39 is 0 Å². The molecule has 0 bridgehead atoms. The normalized spacial score (nSPS) is 14.2. The van der Waals surface area contributed by atoms with Crippen LogP contribution in [-0.4, -0.2) is 36.0 Å². The van der Waals surface area contributed by atoms with Gasteiger partial charge in [0, 0.05) is 49.0 Å². The zero-order valence-corrected chi connectivity index (χ0v) is 17.5. The first-order chi connectivity index (χ1) is 14.5. The van der Waals surface area contributed by atoms with Crippen LogP contribution in [0, 0.1) is 5.92 Å². The van der Waals surface area contributed by atoms with E-state index in [4.69, 9.17) is 0 Å². The molecule has 0 saturated carbocycles. The van der Waals surface area contributed by atoms with Crippen molar-refractivity contribution in [2.45, 2.75) is 26.9 Å². The highest BCUT2D eigenvalue weighted by Gasteiger charge is 2.17. The largest absolute Gasteiger partial charge is 0.360 e. The van der Waals surface area contributed by atoms with Gasteiger partial charge in [-0.25, -0.2) is 0 Å². The highest BCUT2D eigenvalue weighted by Crippen LogP contribution is 2.23. The van der Waals surface area contributed by atoms with Crippen LogP contribution < -0.4 is 15.5 Å². The third kappa shape index (κ3) is 4.32. The van der Waals surface area contributed by atoms with Crippen LogP contribution >= 0.6 is 0 Å². The summed E-state index contributed by atoms with van der Waals surface area (Å²) in [5.41, 5.74) is 3.85. The van der Waals surface area contributed by atoms with E-state index in [9.17, 15) is 9.59 Å². The molecule has 4 rings (SSSR count). The van der Waals surface area contributed by atoms with Gasteiger partial charge in [0.1, 0.15) is 0 Å². The Hall–Kier alpha value is -3.28. The van der Waals surface area contributed by atoms with Crippen molar-refractivity contribution in [2.24, 2.45) is 5.92 Å². The minimum atomic E-state index is -0.0644. The van der Waals surface area contributed by atoms with Crippen molar-refractivity contribution >= 4 is 28.4 Å². The number of aromatic nitrogens is 1. The first kappa shape index (κ1) is 20.0. The Morgan fingerprint density at radius 1 is 1.13 bits per heavy atom. The van der Waals surface area contributed by atoms with Crippen molar-refractivity contribution in [2.75, 3.05) is 24.5 Å². The number of amides is 2. The predicted octanol–water partition coefficient (Wildman–Crippen LogP) is 3.16. The molecule has 2 heterocycles. The van der Waals surface area contributed by atoms with Crippen molar-refractivity contribution in [3.63, 3.8) is 0 Å². The standard InChI is InChI=1S/C24H28N4O2/c1-17(2)14-28-15-21(20-5-3-4-6-22(20)28)24(30)26-13-18-7-9-19(10-8-18)27-12-11-25-23(29)16-27/h3-10,15,17H,11-14,16H2,1-2H3,(H,25,29)(H,26,30). The van der Waals surface area contributed by atoms with Crippen LogP contribution in [0.15, 0.2) is 54.7 Å². The van der Waals surface area contributed by atoms with E-state index in [0.717, 1.165) is 35.2 Å². The Kier molecular flexibility index (Phi) is 5.74. The summed E-state index contributed by atoms with van der Waals surface area (Å²) in [6.07, 6.45) is 1.96. The number of carbonyl (C=O) groups excluding carboxylic acids is 2. The topological polar surface area (TPSA) is 66.4 Å². The first-order valence-corrected chi connectivity index (χ1v) is 10.5. The summed E-state index contributed by atoms with van der Waals surface area (Å²) in [6.45, 7) is 7.55. The molecule has 2 aromatic carbocycles. The molecule has 0 aliphatic carbocycles. The van der Waals surface area contributed by atoms with Gasteiger partial charge in [-0.3, -0.25) is 9.59 Å². The Morgan fingerprint density at radius 3 is 2.63 bits per heavy atom. The van der Waals surface area contributed by atoms with Crippen LogP contribution in [0.4, 0.5) is 5.69 Å². The summed E-state index contributed by atoms with van der Waals surface area (Å²) in [6, 6.07) is 16.1. The zero-order chi connectivity index (χ0) is 21.1. The Morgan fingerprint density at radius 2 is 1.90 bits per heavy atom. The van der Waals surface area contributed by atoms with E-state index in [0.29, 0.717) is 31.1 Å². The van der Waals surface area contributed by atoms with E-state index in [-0.39, 0.29) is 11.8 Å². The Labute approximate surface area is 176 Å². The van der Waals surface area contributed by atoms with Crippen molar-refractivity contribution in [1.82, 2.24) is 15.2 Å². The second-order valence-electron chi connectivity index (χ2n) is 8.23. The first-order valence-electron chi connectivity index (χ1n) is 10.5. The molecule has 1 saturated heterocycles. The van der Waals surface area contributed by atoms with E-state index in [1.807, 2.05) is 48.7 Å². The summed E-state index contributed by atoms with van der Waals surface area (Å²) >= 11 is 0. The van der Waals surface area contributed by atoms with Crippen molar-refractivity contribution < 1.29 is 9.59 Å². The van der Waals surface area contributed by atoms with Crippen LogP contribution in [0.1, 0.15) is 29.8 Å². The smallest absolute Gasteiger partial charge is 0.253 e. The fourth-order valence-corrected chi connectivity index (χ4v) is 3.93. The van der Waals surface area contributed by atoms with Gasteiger partial charge in [0.2, 0.25) is 5.91 Å². The Balaban J connectivity index is 1.44. The van der Waals surface area contributed by atoms with Crippen molar-refractivity contribution in [1.29, 1.82) is 0 Å². The van der Waals surface area contributed by atoms with Gasteiger partial charge in [0.05, 0.1) is 12.1 Å². The van der Waals surface area contributed by atoms with Gasteiger partial charge in [0.25, 0.3) is 5.91 Å². The number of fused-ring (bicyclic) bond motifs is 1. The van der Waals surface area contributed by atoms with Crippen LogP contribution in [0.3, 0.4) is 0 Å². The van der Waals surface area contributed by atoms with Gasteiger partial charge in [0.15, 0.2) is 0 Å². The molecule has 2 amide bonds. The van der Waals surface area contributed by atoms with Crippen molar-refractivity contribution in [3.05, 3.63) is 65.9 Å². The molecule has 0 radical (unpaired) electrons. The molecule has 1 aliphatic heterocycles. The summed E-state index contributed by atoms with van der Waals surface area (Å²) in [7, 11) is 0. The van der Waals surface area contributed by atoms with Gasteiger partial charge in [-0.15, -0.1) is 0 Å². The van der Waals surface area contributed by atoms with E-state index in [2.05, 4.69) is 40.0 Å². The molecule has 2 N–H and O–H groups in total. The van der Waals surface area contributed by atoms with Crippen LogP contribution in [-0.2, 0) is 17.9 Å². The molecule has 0 atom stereocenters. The zero-order valence-electron chi connectivity index (χ0n) is 17.5. The van der Waals surface area contributed by atoms with Crippen molar-refractivity contribution in [3.8, 4) is 0 Å². The summed E-state index contributed by atoms with van der Waals surface area (Å²) in [4.78, 5) is 26.5. The number of carbonyl (C=O) groups is 2. The van der Waals surface area contributed by atoms with Crippen LogP contribution in [0.2, 0.25) is 0 Å². The number of anilines is 1. The van der Waals surface area contributed by atoms with E-state index in [1.165, 1.54) is 0 Å². The highest BCUT2D eigenvalue weighted by atomic mass is 16.2. The molecular formula is C24H28N4O2. The maximum Gasteiger partial charge on any atom is 0.253 e. The minimum absolute atomic E-state index is 0.0502. The molecule has 0 unspecified atom stereocenters. The molecular weight excluding hydrogens is 376 g/mol. The molecule has 0 spiro atoms. The SMILES string of the molecule is CC(C)Cn1cc(C(=O)NCc2ccc(N3CCNC(=O)C3)cc2)c2ccccc21. The second kappa shape index (κ2) is 8.61. The Bertz CT molecular complexity index is 1050. The lowest BCUT2D eigenvalue weighted by Crippen LogP contribution is -2.47. The van der Waals surface area contributed by atoms with Gasteiger partial charge in [-0.05, 0) is 29.7 Å². The highest BCUT2D eigenvalue weighted by molar-refractivity contribution is 6.07. The van der Waals surface area contributed by atoms with Gasteiger partial charge < -0.3 is 20.1 Å². The molecule has 3 aromatic rings. The summed E-state index contributed by atoms with van der Waals surface area (Å²) < 4.78 is 2.17. The number of nitrogens with zero attached hydrogens (tertiary/aromatic N) is 2. The molecule has 6 nitrogen and oxygen atoms in total. The number of hydrogen-bond acceptors (Lipinski definition) is 3. The summed E-state index contributed by atoms with van der Waals surface area (Å²) in [5, 5.41) is 6.87. The summed E-state index contributed by atoms with van der Waals surface area (Å²) in [5.74, 6) is 0.487. The van der Waals surface area contributed by atoms with E-state index >= 15 is 0 Å². The minimum Gasteiger partial charge on any atom is -0.360 e. The maximum atomic E-state index is 12.9. The van der Waals surface area contributed by atoms with Gasteiger partial charge in [-0.2, -0.15) is 0 Å². The molecule has 30 heavy (non-hydrogen) atoms. The molecule has 6 heteroatoms. The lowest BCUT2D eigenvalue weighted by molar-refractivity contribution is -0.120. The van der Waals surface area contributed by atoms with Gasteiger partial charge >= 0.3 is 0 Å². The van der Waals surface area contributed by atoms with Crippen LogP contribution in [0.5, 0.6) is 0 Å². The lowest BCUT2D eigenvalue weighted by Gasteiger charge is -2.28. The second-order valence-corrected chi connectivity index (χ2v) is 8.23. The molecule has 1 aliphatic rings. The monoisotopic (exact) mass is 404 g/mol. The maximum absolute atomic E-state index is 12.9. The molecule has 1 aromatic heterocycles. The van der Waals surface area contributed by atoms with Gasteiger partial charge in [-0.1, -0.05) is 44.2 Å². The number of para-hydroxylation sites is 1. The molecule has 1 fully saturated rings.